The maximum Gasteiger partial charge on any atom is 0.128 e. The molecule has 23 heavy (non-hydrogen) atoms. The lowest BCUT2D eigenvalue weighted by molar-refractivity contribution is 0.0810. The summed E-state index contributed by atoms with van der Waals surface area (Å²) in [6.45, 7) is 5.34. The smallest absolute Gasteiger partial charge is 0.128 e. The van der Waals surface area contributed by atoms with Gasteiger partial charge in [-0.25, -0.2) is 4.39 Å². The van der Waals surface area contributed by atoms with E-state index in [1.165, 1.54) is 11.6 Å². The Kier molecular flexibility index (Phi) is 10.9. The summed E-state index contributed by atoms with van der Waals surface area (Å²) < 4.78 is 12.4. The SMILES string of the molecule is CC(C)(O)Cc1ccccc1.CCO.OCc1ccccc1F. The molecule has 3 nitrogen and oxygen atoms in total. The highest BCUT2D eigenvalue weighted by Gasteiger charge is 2.12. The van der Waals surface area contributed by atoms with E-state index in [4.69, 9.17) is 10.2 Å². The minimum atomic E-state index is -0.596. The van der Waals surface area contributed by atoms with E-state index in [1.54, 1.807) is 25.1 Å². The third-order valence-electron chi connectivity index (χ3n) is 2.61. The molecule has 0 heterocycles. The summed E-state index contributed by atoms with van der Waals surface area (Å²) in [7, 11) is 0. The van der Waals surface area contributed by atoms with Gasteiger partial charge < -0.3 is 15.3 Å². The normalized spacial score (nSPS) is 10.0. The fraction of sp³-hybridized carbons (Fsp3) is 0.368. The van der Waals surface area contributed by atoms with E-state index >= 15 is 0 Å². The molecule has 0 aromatic heterocycles. The van der Waals surface area contributed by atoms with Gasteiger partial charge in [-0.2, -0.15) is 0 Å². The number of hydrogen-bond donors (Lipinski definition) is 3. The average Bonchev–Trinajstić information content (AvgIpc) is 2.48. The van der Waals surface area contributed by atoms with Gasteiger partial charge in [-0.1, -0.05) is 48.5 Å². The van der Waals surface area contributed by atoms with E-state index < -0.39 is 5.60 Å². The Bertz CT molecular complexity index is 522. The number of hydrogen-bond acceptors (Lipinski definition) is 3. The van der Waals surface area contributed by atoms with E-state index in [2.05, 4.69) is 0 Å². The summed E-state index contributed by atoms with van der Waals surface area (Å²) in [5.41, 5.74) is 0.930. The third-order valence-corrected chi connectivity index (χ3v) is 2.61. The van der Waals surface area contributed by atoms with Gasteiger partial charge >= 0.3 is 0 Å². The van der Waals surface area contributed by atoms with Gasteiger partial charge in [0, 0.05) is 18.6 Å². The predicted octanol–water partition coefficient (Wildman–Crippen LogP) is 3.32. The van der Waals surface area contributed by atoms with Gasteiger partial charge in [-0.3, -0.25) is 0 Å². The van der Waals surface area contributed by atoms with E-state index in [9.17, 15) is 9.50 Å². The van der Waals surface area contributed by atoms with Crippen molar-refractivity contribution in [2.75, 3.05) is 6.61 Å². The second-order valence-electron chi connectivity index (χ2n) is 5.54. The Balaban J connectivity index is 0.000000365. The first-order valence-corrected chi connectivity index (χ1v) is 7.55. The Morgan fingerprint density at radius 3 is 1.78 bits per heavy atom. The molecule has 0 aliphatic heterocycles. The van der Waals surface area contributed by atoms with Crippen molar-refractivity contribution in [3.63, 3.8) is 0 Å². The second kappa shape index (κ2) is 11.8. The first-order valence-electron chi connectivity index (χ1n) is 7.55. The van der Waals surface area contributed by atoms with Crippen molar-refractivity contribution >= 4 is 0 Å². The second-order valence-corrected chi connectivity index (χ2v) is 5.54. The summed E-state index contributed by atoms with van der Waals surface area (Å²) in [6, 6.07) is 16.2. The molecular formula is C19H27FO3. The number of aliphatic hydroxyl groups excluding tert-OH is 2. The Hall–Kier alpha value is -1.75. The van der Waals surface area contributed by atoms with Crippen LogP contribution in [0.5, 0.6) is 0 Å². The van der Waals surface area contributed by atoms with E-state index in [0.717, 1.165) is 0 Å². The van der Waals surface area contributed by atoms with Gasteiger partial charge in [0.15, 0.2) is 0 Å². The van der Waals surface area contributed by atoms with E-state index in [0.29, 0.717) is 12.0 Å². The lowest BCUT2D eigenvalue weighted by Gasteiger charge is -2.16. The van der Waals surface area contributed by atoms with Crippen LogP contribution in [0, 0.1) is 5.82 Å². The molecule has 0 bridgehead atoms. The number of benzene rings is 2. The summed E-state index contributed by atoms with van der Waals surface area (Å²) in [5, 5.41) is 25.5. The van der Waals surface area contributed by atoms with Crippen LogP contribution >= 0.6 is 0 Å². The zero-order valence-electron chi connectivity index (χ0n) is 14.0. The molecule has 0 unspecified atom stereocenters. The summed E-state index contributed by atoms with van der Waals surface area (Å²) in [4.78, 5) is 0. The quantitative estimate of drug-likeness (QED) is 0.812. The molecule has 0 saturated heterocycles. The standard InChI is InChI=1S/C10H14O.C7H7FO.C2H6O/c1-10(2,11)8-9-6-4-3-5-7-9;8-7-4-2-1-3-6(7)5-9;1-2-3/h3-7,11H,8H2,1-2H3;1-4,9H,5H2;3H,2H2,1H3. The maximum absolute atomic E-state index is 12.4. The van der Waals surface area contributed by atoms with Crippen molar-refractivity contribution in [1.82, 2.24) is 0 Å². The molecule has 0 aliphatic rings. The molecule has 0 fully saturated rings. The van der Waals surface area contributed by atoms with Gasteiger partial charge in [-0.15, -0.1) is 0 Å². The minimum absolute atomic E-state index is 0.229. The molecule has 3 N–H and O–H groups in total. The maximum atomic E-state index is 12.4. The van der Waals surface area contributed by atoms with Crippen LogP contribution in [0.15, 0.2) is 54.6 Å². The van der Waals surface area contributed by atoms with Crippen LogP contribution in [0.3, 0.4) is 0 Å². The molecular weight excluding hydrogens is 295 g/mol. The first-order chi connectivity index (χ1) is 10.8. The van der Waals surface area contributed by atoms with Gasteiger partial charge in [-0.05, 0) is 32.4 Å². The van der Waals surface area contributed by atoms with Crippen molar-refractivity contribution < 1.29 is 19.7 Å². The average molecular weight is 322 g/mol. The molecule has 0 aliphatic carbocycles. The number of aliphatic hydroxyl groups is 3. The molecule has 0 atom stereocenters. The molecule has 2 aromatic carbocycles. The van der Waals surface area contributed by atoms with Crippen LogP contribution < -0.4 is 0 Å². The van der Waals surface area contributed by atoms with Crippen molar-refractivity contribution in [3.05, 3.63) is 71.5 Å². The molecule has 128 valence electrons. The first kappa shape index (κ1) is 21.2. The van der Waals surface area contributed by atoms with Gasteiger partial charge in [0.1, 0.15) is 5.82 Å². The third kappa shape index (κ3) is 11.5. The molecule has 2 aromatic rings. The summed E-state index contributed by atoms with van der Waals surface area (Å²) in [6.07, 6.45) is 0.716. The molecule has 0 saturated carbocycles. The van der Waals surface area contributed by atoms with Crippen molar-refractivity contribution in [1.29, 1.82) is 0 Å². The lowest BCUT2D eigenvalue weighted by Crippen LogP contribution is -2.21. The minimum Gasteiger partial charge on any atom is -0.397 e. The van der Waals surface area contributed by atoms with Crippen LogP contribution in [0.1, 0.15) is 31.9 Å². The molecule has 0 spiro atoms. The van der Waals surface area contributed by atoms with Crippen LogP contribution in [0.2, 0.25) is 0 Å². The topological polar surface area (TPSA) is 60.7 Å². The molecule has 4 heteroatoms. The highest BCUT2D eigenvalue weighted by atomic mass is 19.1. The van der Waals surface area contributed by atoms with Gasteiger partial charge in [0.2, 0.25) is 0 Å². The van der Waals surface area contributed by atoms with E-state index in [1.807, 2.05) is 44.2 Å². The molecule has 0 amide bonds. The molecule has 2 rings (SSSR count). The van der Waals surface area contributed by atoms with Crippen molar-refractivity contribution in [2.24, 2.45) is 0 Å². The fourth-order valence-corrected chi connectivity index (χ4v) is 1.72. The fourth-order valence-electron chi connectivity index (χ4n) is 1.72. The lowest BCUT2D eigenvalue weighted by atomic mass is 9.99. The zero-order chi connectivity index (χ0) is 17.7. The molecule has 0 radical (unpaired) electrons. The van der Waals surface area contributed by atoms with Crippen molar-refractivity contribution in [2.45, 2.75) is 39.4 Å². The highest BCUT2D eigenvalue weighted by molar-refractivity contribution is 5.16. The Labute approximate surface area is 138 Å². The number of halogens is 1. The highest BCUT2D eigenvalue weighted by Crippen LogP contribution is 2.10. The zero-order valence-corrected chi connectivity index (χ0v) is 14.0. The van der Waals surface area contributed by atoms with Crippen LogP contribution in [0.25, 0.3) is 0 Å². The van der Waals surface area contributed by atoms with Crippen LogP contribution in [-0.2, 0) is 13.0 Å². The summed E-state index contributed by atoms with van der Waals surface area (Å²) in [5.74, 6) is -0.347. The van der Waals surface area contributed by atoms with Gasteiger partial charge in [0.25, 0.3) is 0 Å². The van der Waals surface area contributed by atoms with Gasteiger partial charge in [0.05, 0.1) is 12.2 Å². The summed E-state index contributed by atoms with van der Waals surface area (Å²) >= 11 is 0. The van der Waals surface area contributed by atoms with Crippen LogP contribution in [0.4, 0.5) is 4.39 Å². The predicted molar refractivity (Wildman–Crippen MR) is 91.5 cm³/mol. The Morgan fingerprint density at radius 2 is 1.39 bits per heavy atom. The van der Waals surface area contributed by atoms with Crippen molar-refractivity contribution in [3.8, 4) is 0 Å². The monoisotopic (exact) mass is 322 g/mol. The largest absolute Gasteiger partial charge is 0.397 e. The van der Waals surface area contributed by atoms with Crippen LogP contribution in [-0.4, -0.2) is 27.5 Å². The van der Waals surface area contributed by atoms with E-state index in [-0.39, 0.29) is 19.0 Å². The Morgan fingerprint density at radius 1 is 0.913 bits per heavy atom. The number of rotatable bonds is 3.